The van der Waals surface area contributed by atoms with Crippen LogP contribution in [-0.4, -0.2) is 25.7 Å². The Morgan fingerprint density at radius 1 is 1.25 bits per heavy atom. The topological polar surface area (TPSA) is 24.1 Å². The van der Waals surface area contributed by atoms with E-state index in [-0.39, 0.29) is 30.2 Å². The molecule has 1 heterocycles. The highest BCUT2D eigenvalue weighted by Gasteiger charge is 2.39. The van der Waals surface area contributed by atoms with Gasteiger partial charge in [-0.25, -0.2) is 0 Å². The van der Waals surface area contributed by atoms with Gasteiger partial charge < -0.3 is 10.6 Å². The average molecular weight is 338 g/mol. The van der Waals surface area contributed by atoms with Crippen LogP contribution in [0.5, 0.6) is 0 Å². The molecule has 1 aromatic rings. The highest BCUT2D eigenvalue weighted by Crippen LogP contribution is 2.40. The molecule has 3 rings (SSSR count). The Morgan fingerprint density at radius 3 is 2.75 bits per heavy atom. The van der Waals surface area contributed by atoms with E-state index in [9.17, 15) is 0 Å². The molecule has 2 N–H and O–H groups in total. The highest BCUT2D eigenvalue weighted by atomic mass is 35.5. The van der Waals surface area contributed by atoms with Gasteiger partial charge in [0.05, 0.1) is 0 Å². The maximum atomic E-state index is 6.13. The lowest BCUT2D eigenvalue weighted by Crippen LogP contribution is -2.58. The standard InChI is InChI=1S/C15H21ClN2.2ClH/c1-15(14-10-17-7-8-18-14)6-2-3-11-9-12(16)4-5-13(11)15;;/h4-5,9,14,17-18H,2-3,6-8,10H2,1H3;2*1H. The minimum atomic E-state index is 0. The summed E-state index contributed by atoms with van der Waals surface area (Å²) in [6, 6.07) is 6.98. The third-order valence-corrected chi connectivity index (χ3v) is 4.87. The fourth-order valence-corrected chi connectivity index (χ4v) is 3.77. The van der Waals surface area contributed by atoms with Crippen molar-refractivity contribution in [3.63, 3.8) is 0 Å². The van der Waals surface area contributed by atoms with Crippen LogP contribution in [-0.2, 0) is 11.8 Å². The summed E-state index contributed by atoms with van der Waals surface area (Å²) in [5, 5.41) is 8.07. The first-order valence-corrected chi connectivity index (χ1v) is 7.31. The first-order valence-electron chi connectivity index (χ1n) is 6.93. The number of benzene rings is 1. The lowest BCUT2D eigenvalue weighted by molar-refractivity contribution is 0.248. The predicted molar refractivity (Wildman–Crippen MR) is 90.9 cm³/mol. The van der Waals surface area contributed by atoms with Gasteiger partial charge in [-0.1, -0.05) is 24.6 Å². The van der Waals surface area contributed by atoms with Crippen molar-refractivity contribution in [3.05, 3.63) is 34.3 Å². The molecule has 2 unspecified atom stereocenters. The summed E-state index contributed by atoms with van der Waals surface area (Å²) in [4.78, 5) is 0. The molecule has 0 bridgehead atoms. The van der Waals surface area contributed by atoms with Crippen molar-refractivity contribution >= 4 is 36.4 Å². The van der Waals surface area contributed by atoms with Crippen LogP contribution in [0.3, 0.4) is 0 Å². The monoisotopic (exact) mass is 336 g/mol. The molecule has 1 saturated heterocycles. The van der Waals surface area contributed by atoms with Crippen LogP contribution >= 0.6 is 36.4 Å². The molecule has 114 valence electrons. The molecule has 5 heteroatoms. The number of piperazine rings is 1. The van der Waals surface area contributed by atoms with Gasteiger partial charge in [-0.2, -0.15) is 0 Å². The predicted octanol–water partition coefficient (Wildman–Crippen LogP) is 3.34. The zero-order chi connectivity index (χ0) is 12.6. The maximum absolute atomic E-state index is 6.13. The summed E-state index contributed by atoms with van der Waals surface area (Å²) >= 11 is 6.13. The molecule has 2 nitrogen and oxygen atoms in total. The van der Waals surface area contributed by atoms with Crippen molar-refractivity contribution < 1.29 is 0 Å². The first-order chi connectivity index (χ1) is 8.70. The third kappa shape index (κ3) is 3.26. The minimum absolute atomic E-state index is 0. The van der Waals surface area contributed by atoms with E-state index in [2.05, 4.69) is 29.7 Å². The number of aryl methyl sites for hydroxylation is 1. The molecule has 1 aromatic carbocycles. The quantitative estimate of drug-likeness (QED) is 0.821. The number of nitrogens with one attached hydrogen (secondary N) is 2. The number of rotatable bonds is 1. The Bertz CT molecular complexity index is 447. The molecule has 2 atom stereocenters. The Kier molecular flexibility index (Phi) is 6.62. The normalized spacial score (nSPS) is 28.8. The summed E-state index contributed by atoms with van der Waals surface area (Å²) < 4.78 is 0. The zero-order valence-corrected chi connectivity index (χ0v) is 14.1. The van der Waals surface area contributed by atoms with Crippen molar-refractivity contribution in [1.29, 1.82) is 0 Å². The highest BCUT2D eigenvalue weighted by molar-refractivity contribution is 6.30. The van der Waals surface area contributed by atoms with Gasteiger partial charge in [0.25, 0.3) is 0 Å². The molecule has 1 aliphatic carbocycles. The lowest BCUT2D eigenvalue weighted by atomic mass is 9.66. The van der Waals surface area contributed by atoms with Crippen LogP contribution < -0.4 is 10.6 Å². The van der Waals surface area contributed by atoms with E-state index in [1.165, 1.54) is 30.4 Å². The SMILES string of the molecule is CC1(C2CNCCN2)CCCc2cc(Cl)ccc21.Cl.Cl. The molecule has 0 aromatic heterocycles. The maximum Gasteiger partial charge on any atom is 0.0408 e. The molecule has 1 aliphatic heterocycles. The van der Waals surface area contributed by atoms with Crippen LogP contribution in [0.25, 0.3) is 0 Å². The van der Waals surface area contributed by atoms with Crippen molar-refractivity contribution in [2.75, 3.05) is 19.6 Å². The first kappa shape index (κ1) is 18.1. The Labute approximate surface area is 138 Å². The summed E-state index contributed by atoms with van der Waals surface area (Å²) in [6.45, 7) is 5.63. The van der Waals surface area contributed by atoms with E-state index in [0.29, 0.717) is 6.04 Å². The van der Waals surface area contributed by atoms with Gasteiger partial charge in [-0.3, -0.25) is 0 Å². The van der Waals surface area contributed by atoms with E-state index in [1.54, 1.807) is 0 Å². The third-order valence-electron chi connectivity index (χ3n) is 4.63. The molecule has 2 aliphatic rings. The Hall–Kier alpha value is 0.01000. The van der Waals surface area contributed by atoms with E-state index < -0.39 is 0 Å². The number of halogens is 3. The van der Waals surface area contributed by atoms with Gasteiger partial charge in [0.1, 0.15) is 0 Å². The molecule has 0 spiro atoms. The van der Waals surface area contributed by atoms with Gasteiger partial charge in [-0.05, 0) is 42.5 Å². The summed E-state index contributed by atoms with van der Waals surface area (Å²) in [5.74, 6) is 0. The number of hydrogen-bond donors (Lipinski definition) is 2. The van der Waals surface area contributed by atoms with Crippen molar-refractivity contribution in [1.82, 2.24) is 10.6 Å². The molecular weight excluding hydrogens is 315 g/mol. The second-order valence-corrected chi connectivity index (χ2v) is 6.22. The van der Waals surface area contributed by atoms with E-state index in [4.69, 9.17) is 11.6 Å². The molecular formula is C15H23Cl3N2. The summed E-state index contributed by atoms with van der Waals surface area (Å²) in [7, 11) is 0. The van der Waals surface area contributed by atoms with Crippen molar-refractivity contribution in [3.8, 4) is 0 Å². The van der Waals surface area contributed by atoms with Gasteiger partial charge >= 0.3 is 0 Å². The van der Waals surface area contributed by atoms with Crippen LogP contribution in [0.1, 0.15) is 30.9 Å². The Balaban J connectivity index is 0.000001000. The average Bonchev–Trinajstić information content (AvgIpc) is 2.40. The van der Waals surface area contributed by atoms with Gasteiger partial charge in [-0.15, -0.1) is 24.8 Å². The van der Waals surface area contributed by atoms with Gasteiger partial charge in [0.2, 0.25) is 0 Å². The lowest BCUT2D eigenvalue weighted by Gasteiger charge is -2.44. The Morgan fingerprint density at radius 2 is 2.05 bits per heavy atom. The largest absolute Gasteiger partial charge is 0.314 e. The molecule has 0 amide bonds. The van der Waals surface area contributed by atoms with Crippen molar-refractivity contribution in [2.24, 2.45) is 0 Å². The minimum Gasteiger partial charge on any atom is -0.314 e. The van der Waals surface area contributed by atoms with Crippen LogP contribution in [0.2, 0.25) is 5.02 Å². The van der Waals surface area contributed by atoms with E-state index in [1.807, 2.05) is 6.07 Å². The van der Waals surface area contributed by atoms with E-state index >= 15 is 0 Å². The van der Waals surface area contributed by atoms with E-state index in [0.717, 1.165) is 24.7 Å². The summed E-state index contributed by atoms with van der Waals surface area (Å²) in [6.07, 6.45) is 3.70. The van der Waals surface area contributed by atoms with Crippen LogP contribution in [0, 0.1) is 0 Å². The smallest absolute Gasteiger partial charge is 0.0408 e. The second-order valence-electron chi connectivity index (χ2n) is 5.78. The molecule has 1 fully saturated rings. The zero-order valence-electron chi connectivity index (χ0n) is 11.7. The van der Waals surface area contributed by atoms with Gasteiger partial charge in [0, 0.05) is 36.1 Å². The van der Waals surface area contributed by atoms with Crippen molar-refractivity contribution in [2.45, 2.75) is 37.6 Å². The molecule has 0 radical (unpaired) electrons. The fraction of sp³-hybridized carbons (Fsp3) is 0.600. The number of hydrogen-bond acceptors (Lipinski definition) is 2. The molecule has 0 saturated carbocycles. The van der Waals surface area contributed by atoms with Crippen LogP contribution in [0.4, 0.5) is 0 Å². The number of fused-ring (bicyclic) bond motifs is 1. The van der Waals surface area contributed by atoms with Gasteiger partial charge in [0.15, 0.2) is 0 Å². The fourth-order valence-electron chi connectivity index (χ4n) is 3.57. The van der Waals surface area contributed by atoms with Crippen LogP contribution in [0.15, 0.2) is 18.2 Å². The molecule has 20 heavy (non-hydrogen) atoms. The summed E-state index contributed by atoms with van der Waals surface area (Å²) in [5.41, 5.74) is 3.19. The second kappa shape index (κ2) is 7.33.